The first kappa shape index (κ1) is 28.5. The number of nitrogens with zero attached hydrogens (tertiary/aromatic N) is 3. The lowest BCUT2D eigenvalue weighted by molar-refractivity contribution is -0.143. The molecule has 2 N–H and O–H groups in total. The summed E-state index contributed by atoms with van der Waals surface area (Å²) in [5.41, 5.74) is -3.75. The number of carbonyl (C=O) groups excluding carboxylic acids is 1. The van der Waals surface area contributed by atoms with Gasteiger partial charge in [0.05, 0.1) is 16.7 Å². The maximum Gasteiger partial charge on any atom is 0.416 e. The molecule has 0 radical (unpaired) electrons. The minimum absolute atomic E-state index is 0.0340. The zero-order valence-corrected chi connectivity index (χ0v) is 21.3. The summed E-state index contributed by atoms with van der Waals surface area (Å²) in [6.45, 7) is 4.65. The second-order valence-electron chi connectivity index (χ2n) is 10.2. The van der Waals surface area contributed by atoms with Crippen molar-refractivity contribution in [3.8, 4) is 0 Å². The van der Waals surface area contributed by atoms with E-state index in [0.29, 0.717) is 43.8 Å². The van der Waals surface area contributed by atoms with Crippen molar-refractivity contribution in [3.05, 3.63) is 46.6 Å². The predicted octanol–water partition coefficient (Wildman–Crippen LogP) is 5.91. The van der Waals surface area contributed by atoms with E-state index in [4.69, 9.17) is 0 Å². The quantitative estimate of drug-likeness (QED) is 0.454. The van der Waals surface area contributed by atoms with Gasteiger partial charge in [0.1, 0.15) is 5.82 Å². The minimum Gasteiger partial charge on any atom is -0.363 e. The fourth-order valence-corrected chi connectivity index (χ4v) is 4.33. The highest BCUT2D eigenvalue weighted by Gasteiger charge is 2.39. The van der Waals surface area contributed by atoms with Crippen LogP contribution in [0.25, 0.3) is 0 Å². The van der Waals surface area contributed by atoms with E-state index < -0.39 is 40.8 Å². The second-order valence-corrected chi connectivity index (χ2v) is 10.2. The second kappa shape index (κ2) is 10.4. The van der Waals surface area contributed by atoms with E-state index in [1.807, 2.05) is 32.0 Å². The minimum atomic E-state index is -4.96. The van der Waals surface area contributed by atoms with Gasteiger partial charge in [-0.15, -0.1) is 0 Å². The molecule has 2 aromatic rings. The number of aromatic nitrogens is 2. The maximum absolute atomic E-state index is 13.3. The van der Waals surface area contributed by atoms with E-state index in [2.05, 4.69) is 20.6 Å². The molecule has 0 unspecified atom stereocenters. The van der Waals surface area contributed by atoms with E-state index in [0.717, 1.165) is 11.5 Å². The molecule has 0 aliphatic heterocycles. The molecule has 3 rings (SSSR count). The van der Waals surface area contributed by atoms with Crippen molar-refractivity contribution in [3.63, 3.8) is 0 Å². The number of anilines is 2. The van der Waals surface area contributed by atoms with Crippen LogP contribution in [0.2, 0.25) is 0 Å². The maximum atomic E-state index is 13.3. The topological polar surface area (TPSA) is 70.2 Å². The third-order valence-electron chi connectivity index (χ3n) is 6.48. The summed E-state index contributed by atoms with van der Waals surface area (Å²) in [6.07, 6.45) is -7.65. The molecule has 0 spiro atoms. The van der Waals surface area contributed by atoms with Crippen LogP contribution in [-0.2, 0) is 22.7 Å². The van der Waals surface area contributed by atoms with Gasteiger partial charge in [0.25, 0.3) is 0 Å². The van der Waals surface area contributed by atoms with Crippen molar-refractivity contribution >= 4 is 17.7 Å². The predicted molar refractivity (Wildman–Crippen MR) is 128 cm³/mol. The number of hydrogen-bond donors (Lipinski definition) is 2. The Balaban J connectivity index is 1.68. The van der Waals surface area contributed by atoms with Crippen LogP contribution in [-0.4, -0.2) is 36.0 Å². The van der Waals surface area contributed by atoms with Gasteiger partial charge in [-0.2, -0.15) is 31.3 Å². The molecule has 1 heterocycles. The number of rotatable bonds is 6. The normalized spacial score (nSPS) is 18.9. The summed E-state index contributed by atoms with van der Waals surface area (Å²) in [6, 6.07) is 3.28. The first-order valence-electron chi connectivity index (χ1n) is 11.9. The van der Waals surface area contributed by atoms with E-state index in [1.54, 1.807) is 0 Å². The van der Waals surface area contributed by atoms with Crippen molar-refractivity contribution in [2.75, 3.05) is 24.3 Å². The lowest BCUT2D eigenvalue weighted by Crippen LogP contribution is -2.45. The Hall–Kier alpha value is -3.05. The van der Waals surface area contributed by atoms with Crippen LogP contribution < -0.4 is 15.5 Å². The van der Waals surface area contributed by atoms with Gasteiger partial charge in [-0.25, -0.2) is 4.98 Å². The van der Waals surface area contributed by atoms with E-state index in [-0.39, 0.29) is 17.7 Å². The van der Waals surface area contributed by atoms with Gasteiger partial charge in [0, 0.05) is 37.8 Å². The molecule has 1 aromatic heterocycles. The van der Waals surface area contributed by atoms with Gasteiger partial charge in [-0.3, -0.25) is 4.79 Å². The molecule has 204 valence electrons. The highest BCUT2D eigenvalue weighted by molar-refractivity contribution is 5.79. The standard InChI is InChI=1S/C25H31F6N5O/c1-14-10-20(36(4)5)34-22(32-14)33-19-8-6-15(7-9-19)21(37)35-23(2,3)16-11-17(24(26,27)28)13-18(12-16)25(29,30)31/h10-13,15,19H,6-9H2,1-5H3,(H,35,37)(H,32,33,34)/t15-,19+. The molecule has 1 amide bonds. The molecule has 1 saturated carbocycles. The average Bonchev–Trinajstić information content (AvgIpc) is 2.77. The van der Waals surface area contributed by atoms with Crippen LogP contribution in [0.5, 0.6) is 0 Å². The number of amides is 1. The SMILES string of the molecule is Cc1cc(N(C)C)nc(N[C@H]2CC[C@@H](C(=O)NC(C)(C)c3cc(C(F)(F)F)cc(C(F)(F)F)c3)CC2)n1. The molecule has 1 fully saturated rings. The molecule has 1 aromatic carbocycles. The molecular formula is C25H31F6N5O. The summed E-state index contributed by atoms with van der Waals surface area (Å²) in [5.74, 6) is 0.424. The third-order valence-corrected chi connectivity index (χ3v) is 6.48. The Kier molecular flexibility index (Phi) is 7.99. The number of aryl methyl sites for hydroxylation is 1. The fraction of sp³-hybridized carbons (Fsp3) is 0.560. The molecule has 0 bridgehead atoms. The van der Waals surface area contributed by atoms with Crippen molar-refractivity contribution in [2.24, 2.45) is 5.92 Å². The van der Waals surface area contributed by atoms with Crippen LogP contribution in [0, 0.1) is 12.8 Å². The zero-order chi connectivity index (χ0) is 27.8. The number of alkyl halides is 6. The van der Waals surface area contributed by atoms with Gasteiger partial charge in [0.15, 0.2) is 0 Å². The monoisotopic (exact) mass is 531 g/mol. The highest BCUT2D eigenvalue weighted by atomic mass is 19.4. The van der Waals surface area contributed by atoms with Crippen molar-refractivity contribution in [1.29, 1.82) is 0 Å². The summed E-state index contributed by atoms with van der Waals surface area (Å²) >= 11 is 0. The summed E-state index contributed by atoms with van der Waals surface area (Å²) < 4.78 is 79.7. The van der Waals surface area contributed by atoms with Gasteiger partial charge in [0.2, 0.25) is 11.9 Å². The molecule has 1 aliphatic carbocycles. The van der Waals surface area contributed by atoms with Gasteiger partial charge < -0.3 is 15.5 Å². The lowest BCUT2D eigenvalue weighted by atomic mass is 9.84. The van der Waals surface area contributed by atoms with Crippen molar-refractivity contribution in [2.45, 2.75) is 70.4 Å². The molecular weight excluding hydrogens is 500 g/mol. The Morgan fingerprint density at radius 1 is 0.865 bits per heavy atom. The Bertz CT molecular complexity index is 1090. The van der Waals surface area contributed by atoms with Crippen molar-refractivity contribution in [1.82, 2.24) is 15.3 Å². The Labute approximate surface area is 211 Å². The zero-order valence-electron chi connectivity index (χ0n) is 21.3. The number of halogens is 6. The molecule has 6 nitrogen and oxygen atoms in total. The van der Waals surface area contributed by atoms with E-state index in [9.17, 15) is 31.1 Å². The van der Waals surface area contributed by atoms with Crippen LogP contribution in [0.1, 0.15) is 61.9 Å². The van der Waals surface area contributed by atoms with Crippen molar-refractivity contribution < 1.29 is 31.1 Å². The van der Waals surface area contributed by atoms with E-state index in [1.165, 1.54) is 13.8 Å². The largest absolute Gasteiger partial charge is 0.416 e. The van der Waals surface area contributed by atoms with E-state index >= 15 is 0 Å². The average molecular weight is 532 g/mol. The molecule has 0 saturated heterocycles. The Morgan fingerprint density at radius 2 is 1.38 bits per heavy atom. The lowest BCUT2D eigenvalue weighted by Gasteiger charge is -2.33. The molecule has 0 atom stereocenters. The van der Waals surface area contributed by atoms with Gasteiger partial charge >= 0.3 is 12.4 Å². The molecule has 12 heteroatoms. The van der Waals surface area contributed by atoms with Crippen LogP contribution in [0.4, 0.5) is 38.1 Å². The molecule has 1 aliphatic rings. The number of carbonyl (C=O) groups is 1. The smallest absolute Gasteiger partial charge is 0.363 e. The van der Waals surface area contributed by atoms with Gasteiger partial charge in [-0.1, -0.05) is 0 Å². The summed E-state index contributed by atoms with van der Waals surface area (Å²) in [7, 11) is 3.75. The van der Waals surface area contributed by atoms with Gasteiger partial charge in [-0.05, 0) is 70.2 Å². The van der Waals surface area contributed by atoms with Crippen LogP contribution in [0.3, 0.4) is 0 Å². The number of nitrogens with one attached hydrogen (secondary N) is 2. The van der Waals surface area contributed by atoms with Crippen LogP contribution in [0.15, 0.2) is 24.3 Å². The first-order chi connectivity index (χ1) is 17.0. The number of benzene rings is 1. The number of hydrogen-bond acceptors (Lipinski definition) is 5. The third kappa shape index (κ3) is 7.26. The fourth-order valence-electron chi connectivity index (χ4n) is 4.33. The molecule has 37 heavy (non-hydrogen) atoms. The Morgan fingerprint density at radius 3 is 1.86 bits per heavy atom. The highest BCUT2D eigenvalue weighted by Crippen LogP contribution is 2.38. The first-order valence-corrected chi connectivity index (χ1v) is 11.9. The summed E-state index contributed by atoms with van der Waals surface area (Å²) in [5, 5.41) is 5.96. The summed E-state index contributed by atoms with van der Waals surface area (Å²) in [4.78, 5) is 23.7. The van der Waals surface area contributed by atoms with Crippen LogP contribution >= 0.6 is 0 Å².